The number of thiazole rings is 1. The molecule has 0 spiro atoms. The van der Waals surface area contributed by atoms with Gasteiger partial charge in [-0.1, -0.05) is 0 Å². The number of aryl methyl sites for hydroxylation is 2. The summed E-state index contributed by atoms with van der Waals surface area (Å²) in [5, 5.41) is 3.33. The monoisotopic (exact) mass is 236 g/mol. The smallest absolute Gasteiger partial charge is 0.105 e. The van der Waals surface area contributed by atoms with Crippen LogP contribution in [0.3, 0.4) is 0 Å². The number of hydrogen-bond acceptors (Lipinski definition) is 4. The van der Waals surface area contributed by atoms with E-state index in [1.54, 1.807) is 11.3 Å². The van der Waals surface area contributed by atoms with E-state index >= 15 is 0 Å². The van der Waals surface area contributed by atoms with E-state index in [2.05, 4.69) is 16.4 Å². The van der Waals surface area contributed by atoms with Crippen LogP contribution in [0.25, 0.3) is 0 Å². The Bertz CT molecular complexity index is 448. The zero-order valence-corrected chi connectivity index (χ0v) is 10.6. The lowest BCUT2D eigenvalue weighted by molar-refractivity contribution is 0.490. The van der Waals surface area contributed by atoms with Gasteiger partial charge in [0, 0.05) is 29.1 Å². The van der Waals surface area contributed by atoms with E-state index < -0.39 is 0 Å². The van der Waals surface area contributed by atoms with Crippen LogP contribution >= 0.6 is 11.3 Å². The van der Waals surface area contributed by atoms with Gasteiger partial charge in [0.2, 0.25) is 0 Å². The number of nitrogens with zero attached hydrogens (tertiary/aromatic N) is 1. The van der Waals surface area contributed by atoms with E-state index in [1.165, 1.54) is 10.4 Å². The molecule has 0 aliphatic heterocycles. The minimum Gasteiger partial charge on any atom is -0.466 e. The molecule has 0 saturated heterocycles. The quantitative estimate of drug-likeness (QED) is 0.887. The number of nitrogens with one attached hydrogen (secondary N) is 1. The van der Waals surface area contributed by atoms with Crippen LogP contribution in [0.5, 0.6) is 0 Å². The molecule has 0 radical (unpaired) electrons. The Labute approximate surface area is 99.5 Å². The van der Waals surface area contributed by atoms with E-state index in [0.29, 0.717) is 6.04 Å². The summed E-state index contributed by atoms with van der Waals surface area (Å²) >= 11 is 1.69. The van der Waals surface area contributed by atoms with Crippen molar-refractivity contribution in [1.82, 2.24) is 10.3 Å². The normalized spacial score (nSPS) is 12.9. The van der Waals surface area contributed by atoms with Crippen molar-refractivity contribution < 1.29 is 4.42 Å². The molecule has 16 heavy (non-hydrogen) atoms. The van der Waals surface area contributed by atoms with Crippen molar-refractivity contribution in [2.24, 2.45) is 0 Å². The maximum absolute atomic E-state index is 5.56. The van der Waals surface area contributed by atoms with Crippen molar-refractivity contribution >= 4 is 11.3 Å². The van der Waals surface area contributed by atoms with Gasteiger partial charge in [-0.2, -0.15) is 0 Å². The minimum absolute atomic E-state index is 0.304. The lowest BCUT2D eigenvalue weighted by Gasteiger charge is -2.14. The van der Waals surface area contributed by atoms with E-state index in [0.717, 1.165) is 17.9 Å². The molecular weight excluding hydrogens is 220 g/mol. The Balaban J connectivity index is 2.19. The first-order valence-electron chi connectivity index (χ1n) is 5.32. The maximum Gasteiger partial charge on any atom is 0.105 e. The minimum atomic E-state index is 0.304. The van der Waals surface area contributed by atoms with Crippen LogP contribution < -0.4 is 5.32 Å². The molecule has 1 N–H and O–H groups in total. The zero-order valence-electron chi connectivity index (χ0n) is 9.78. The predicted octanol–water partition coefficient (Wildman–Crippen LogP) is 2.86. The van der Waals surface area contributed by atoms with Gasteiger partial charge in [0.1, 0.15) is 11.5 Å². The van der Waals surface area contributed by atoms with Crippen LogP contribution in [0.4, 0.5) is 0 Å². The third kappa shape index (κ3) is 2.33. The standard InChI is InChI=1S/C12H16N2OS/c1-8-4-11(9(2)15-8)12(13-3)5-10-6-14-7-16-10/h4,6-7,12-13H,5H2,1-3H3. The zero-order chi connectivity index (χ0) is 11.5. The fourth-order valence-electron chi connectivity index (χ4n) is 1.91. The molecule has 0 saturated carbocycles. The molecule has 2 aromatic heterocycles. The highest BCUT2D eigenvalue weighted by molar-refractivity contribution is 7.09. The van der Waals surface area contributed by atoms with Gasteiger partial charge in [0.05, 0.1) is 5.51 Å². The fourth-order valence-corrected chi connectivity index (χ4v) is 2.55. The SMILES string of the molecule is CNC(Cc1cncs1)c1cc(C)oc1C. The van der Waals surface area contributed by atoms with Gasteiger partial charge in [-0.15, -0.1) is 11.3 Å². The van der Waals surface area contributed by atoms with E-state index in [-0.39, 0.29) is 0 Å². The van der Waals surface area contributed by atoms with Gasteiger partial charge >= 0.3 is 0 Å². The van der Waals surface area contributed by atoms with Crippen molar-refractivity contribution in [2.45, 2.75) is 26.3 Å². The predicted molar refractivity (Wildman–Crippen MR) is 65.8 cm³/mol. The molecule has 4 heteroatoms. The van der Waals surface area contributed by atoms with Crippen LogP contribution in [-0.4, -0.2) is 12.0 Å². The summed E-state index contributed by atoms with van der Waals surface area (Å²) in [6, 6.07) is 2.41. The molecule has 0 aliphatic rings. The van der Waals surface area contributed by atoms with Crippen molar-refractivity contribution in [3.05, 3.63) is 39.7 Å². The van der Waals surface area contributed by atoms with Crippen molar-refractivity contribution in [3.63, 3.8) is 0 Å². The molecule has 3 nitrogen and oxygen atoms in total. The summed E-state index contributed by atoms with van der Waals surface area (Å²) < 4.78 is 5.56. The Hall–Kier alpha value is -1.13. The molecule has 2 rings (SSSR count). The van der Waals surface area contributed by atoms with E-state index in [9.17, 15) is 0 Å². The molecule has 1 atom stereocenters. The van der Waals surface area contributed by atoms with Crippen molar-refractivity contribution in [1.29, 1.82) is 0 Å². The van der Waals surface area contributed by atoms with Gasteiger partial charge in [-0.05, 0) is 27.0 Å². The first kappa shape index (κ1) is 11.4. The third-order valence-corrected chi connectivity index (χ3v) is 3.49. The molecule has 0 bridgehead atoms. The Morgan fingerprint density at radius 2 is 2.31 bits per heavy atom. The van der Waals surface area contributed by atoms with E-state index in [4.69, 9.17) is 4.42 Å². The number of aromatic nitrogens is 1. The van der Waals surface area contributed by atoms with Crippen LogP contribution in [0.1, 0.15) is 28.0 Å². The summed E-state index contributed by atoms with van der Waals surface area (Å²) in [5.41, 5.74) is 3.11. The average Bonchev–Trinajstić information content (AvgIpc) is 2.85. The van der Waals surface area contributed by atoms with Crippen LogP contribution in [0.15, 0.2) is 22.2 Å². The molecule has 2 heterocycles. The van der Waals surface area contributed by atoms with Gasteiger partial charge < -0.3 is 9.73 Å². The summed E-state index contributed by atoms with van der Waals surface area (Å²) in [6.07, 6.45) is 2.89. The number of likely N-dealkylation sites (N-methyl/N-ethyl adjacent to an activating group) is 1. The van der Waals surface area contributed by atoms with Gasteiger partial charge in [-0.25, -0.2) is 0 Å². The second-order valence-corrected chi connectivity index (χ2v) is 4.85. The number of furan rings is 1. The van der Waals surface area contributed by atoms with Crippen molar-refractivity contribution in [3.8, 4) is 0 Å². The Kier molecular flexibility index (Phi) is 3.41. The molecule has 0 aliphatic carbocycles. The highest BCUT2D eigenvalue weighted by Gasteiger charge is 2.16. The number of hydrogen-bond donors (Lipinski definition) is 1. The molecule has 0 aromatic carbocycles. The Morgan fingerprint density at radius 1 is 1.50 bits per heavy atom. The second kappa shape index (κ2) is 4.80. The largest absolute Gasteiger partial charge is 0.466 e. The third-order valence-electron chi connectivity index (χ3n) is 2.69. The fraction of sp³-hybridized carbons (Fsp3) is 0.417. The highest BCUT2D eigenvalue weighted by Crippen LogP contribution is 2.25. The molecular formula is C12H16N2OS. The number of rotatable bonds is 4. The lowest BCUT2D eigenvalue weighted by atomic mass is 10.0. The molecule has 86 valence electrons. The second-order valence-electron chi connectivity index (χ2n) is 3.88. The lowest BCUT2D eigenvalue weighted by Crippen LogP contribution is -2.18. The topological polar surface area (TPSA) is 38.1 Å². The van der Waals surface area contributed by atoms with Crippen LogP contribution in [0.2, 0.25) is 0 Å². The summed E-state index contributed by atoms with van der Waals surface area (Å²) in [4.78, 5) is 5.39. The molecule has 0 amide bonds. The highest BCUT2D eigenvalue weighted by atomic mass is 32.1. The summed E-state index contributed by atoms with van der Waals surface area (Å²) in [7, 11) is 1.98. The summed E-state index contributed by atoms with van der Waals surface area (Å²) in [5.74, 6) is 1.97. The van der Waals surface area contributed by atoms with E-state index in [1.807, 2.05) is 32.6 Å². The maximum atomic E-state index is 5.56. The Morgan fingerprint density at radius 3 is 2.81 bits per heavy atom. The summed E-state index contributed by atoms with van der Waals surface area (Å²) in [6.45, 7) is 4.00. The molecule has 0 fully saturated rings. The average molecular weight is 236 g/mol. The van der Waals surface area contributed by atoms with Gasteiger partial charge in [0.25, 0.3) is 0 Å². The molecule has 1 unspecified atom stereocenters. The first-order chi connectivity index (χ1) is 7.70. The van der Waals surface area contributed by atoms with Gasteiger partial charge in [-0.3, -0.25) is 4.98 Å². The van der Waals surface area contributed by atoms with Gasteiger partial charge in [0.15, 0.2) is 0 Å². The first-order valence-corrected chi connectivity index (χ1v) is 6.20. The molecule has 2 aromatic rings. The van der Waals surface area contributed by atoms with Crippen molar-refractivity contribution in [2.75, 3.05) is 7.05 Å². The van der Waals surface area contributed by atoms with Crippen LogP contribution in [0, 0.1) is 13.8 Å². The van der Waals surface area contributed by atoms with Crippen LogP contribution in [-0.2, 0) is 6.42 Å².